The third kappa shape index (κ3) is 63.7. The number of hydrogen-bond donors (Lipinski definition) is 0. The molecule has 0 rings (SSSR count). The molecule has 1 atom stereocenters. The number of ether oxygens (including phenoxy) is 3. The van der Waals surface area contributed by atoms with E-state index in [9.17, 15) is 14.4 Å². The molecule has 0 N–H and O–H groups in total. The largest absolute Gasteiger partial charge is 0.462 e. The van der Waals surface area contributed by atoms with Gasteiger partial charge in [-0.1, -0.05) is 275 Å². The van der Waals surface area contributed by atoms with Gasteiger partial charge in [-0.25, -0.2) is 0 Å². The van der Waals surface area contributed by atoms with Crippen molar-refractivity contribution >= 4 is 17.9 Å². The maximum atomic E-state index is 12.9. The predicted molar refractivity (Wildman–Crippen MR) is 343 cm³/mol. The summed E-state index contributed by atoms with van der Waals surface area (Å²) in [6.45, 7) is 6.36. The van der Waals surface area contributed by atoms with E-state index >= 15 is 0 Å². The molecule has 0 saturated carbocycles. The average molecular weight is 1090 g/mol. The second kappa shape index (κ2) is 65.5. The third-order valence-corrected chi connectivity index (χ3v) is 13.0. The zero-order valence-electron chi connectivity index (χ0n) is 50.8. The van der Waals surface area contributed by atoms with Gasteiger partial charge in [-0.2, -0.15) is 0 Å². The predicted octanol–water partition coefficient (Wildman–Crippen LogP) is 22.1. The van der Waals surface area contributed by atoms with Gasteiger partial charge >= 0.3 is 17.9 Å². The Morgan fingerprint density at radius 1 is 0.266 bits per heavy atom. The maximum absolute atomic E-state index is 12.9. The van der Waals surface area contributed by atoms with E-state index in [-0.39, 0.29) is 31.1 Å². The minimum absolute atomic E-state index is 0.0943. The molecule has 6 heteroatoms. The molecule has 0 radical (unpaired) electrons. The molecule has 444 valence electrons. The molecule has 0 fully saturated rings. The standard InChI is InChI=1S/C73H116O6/c1-4-7-10-13-16-19-21-23-25-27-29-30-31-32-33-34-35-36-37-38-39-40-41-42-44-45-47-49-51-54-57-60-63-66-72(75)78-69-70(68-77-71(74)65-62-59-56-53-18-15-12-9-6-3)79-73(76)67-64-61-58-55-52-50-48-46-43-28-26-24-22-20-17-14-11-8-5-2/h7-8,10-11,16-17,19-20,23-26,29-30,32-33,35-36,38-39,41-43,45-47,70H,4-6,9,12-15,18,21-22,27-28,31,34,37,40,44,48-69H2,1-3H3/b10-7-,11-8-,19-16-,20-17-,25-23-,26-24-,30-29-,33-32-,36-35-,39-38-,42-41-,46-43-,47-45-. The summed E-state index contributed by atoms with van der Waals surface area (Å²) in [6, 6.07) is 0. The lowest BCUT2D eigenvalue weighted by atomic mass is 10.1. The van der Waals surface area contributed by atoms with Crippen LogP contribution in [0.2, 0.25) is 0 Å². The van der Waals surface area contributed by atoms with Gasteiger partial charge < -0.3 is 14.2 Å². The van der Waals surface area contributed by atoms with Gasteiger partial charge in [-0.3, -0.25) is 14.4 Å². The zero-order chi connectivity index (χ0) is 57.1. The highest BCUT2D eigenvalue weighted by Crippen LogP contribution is 2.14. The highest BCUT2D eigenvalue weighted by atomic mass is 16.6. The van der Waals surface area contributed by atoms with Crippen molar-refractivity contribution in [2.75, 3.05) is 13.2 Å². The van der Waals surface area contributed by atoms with Crippen molar-refractivity contribution in [3.8, 4) is 0 Å². The van der Waals surface area contributed by atoms with E-state index < -0.39 is 6.10 Å². The van der Waals surface area contributed by atoms with Crippen molar-refractivity contribution in [3.63, 3.8) is 0 Å². The quantitative estimate of drug-likeness (QED) is 0.0261. The third-order valence-electron chi connectivity index (χ3n) is 13.0. The van der Waals surface area contributed by atoms with Crippen molar-refractivity contribution in [2.24, 2.45) is 0 Å². The van der Waals surface area contributed by atoms with Gasteiger partial charge in [0.25, 0.3) is 0 Å². The summed E-state index contributed by atoms with van der Waals surface area (Å²) >= 11 is 0. The molecule has 1 unspecified atom stereocenters. The summed E-state index contributed by atoms with van der Waals surface area (Å²) in [4.78, 5) is 38.2. The lowest BCUT2D eigenvalue weighted by Crippen LogP contribution is -2.30. The molecular weight excluding hydrogens is 973 g/mol. The highest BCUT2D eigenvalue weighted by Gasteiger charge is 2.19. The molecular formula is C73H116O6. The van der Waals surface area contributed by atoms with Crippen LogP contribution < -0.4 is 0 Å². The summed E-state index contributed by atoms with van der Waals surface area (Å²) in [5.41, 5.74) is 0. The molecule has 0 aliphatic rings. The Labute approximate surface area is 486 Å². The van der Waals surface area contributed by atoms with Crippen LogP contribution in [-0.2, 0) is 28.6 Å². The number of carbonyl (C=O) groups is 3. The molecule has 0 aromatic heterocycles. The molecule has 0 saturated heterocycles. The van der Waals surface area contributed by atoms with Crippen molar-refractivity contribution in [1.82, 2.24) is 0 Å². The second-order valence-corrected chi connectivity index (χ2v) is 20.6. The first-order valence-electron chi connectivity index (χ1n) is 32.0. The van der Waals surface area contributed by atoms with E-state index in [2.05, 4.69) is 179 Å². The van der Waals surface area contributed by atoms with Gasteiger partial charge in [0.05, 0.1) is 0 Å². The summed E-state index contributed by atoms with van der Waals surface area (Å²) in [5, 5.41) is 0. The van der Waals surface area contributed by atoms with E-state index in [4.69, 9.17) is 14.2 Å². The van der Waals surface area contributed by atoms with Gasteiger partial charge in [-0.15, -0.1) is 0 Å². The highest BCUT2D eigenvalue weighted by molar-refractivity contribution is 5.71. The minimum Gasteiger partial charge on any atom is -0.462 e. The fourth-order valence-corrected chi connectivity index (χ4v) is 8.31. The minimum atomic E-state index is -0.799. The van der Waals surface area contributed by atoms with Crippen molar-refractivity contribution in [2.45, 2.75) is 271 Å². The van der Waals surface area contributed by atoms with Crippen LogP contribution in [0.4, 0.5) is 0 Å². The Hall–Kier alpha value is -4.97. The molecule has 0 aromatic carbocycles. The fourth-order valence-electron chi connectivity index (χ4n) is 8.31. The number of carbonyl (C=O) groups excluding carboxylic acids is 3. The number of hydrogen-bond acceptors (Lipinski definition) is 6. The van der Waals surface area contributed by atoms with Crippen LogP contribution in [0, 0.1) is 0 Å². The lowest BCUT2D eigenvalue weighted by Gasteiger charge is -2.18. The summed E-state index contributed by atoms with van der Waals surface area (Å²) < 4.78 is 16.8. The second-order valence-electron chi connectivity index (χ2n) is 20.6. The Morgan fingerprint density at radius 3 is 0.772 bits per heavy atom. The van der Waals surface area contributed by atoms with Gasteiger partial charge in [0.2, 0.25) is 0 Å². The first-order valence-corrected chi connectivity index (χ1v) is 32.0. The van der Waals surface area contributed by atoms with E-state index in [0.717, 1.165) is 173 Å². The van der Waals surface area contributed by atoms with Crippen LogP contribution in [0.25, 0.3) is 0 Å². The van der Waals surface area contributed by atoms with E-state index in [1.165, 1.54) is 51.4 Å². The van der Waals surface area contributed by atoms with Gasteiger partial charge in [0, 0.05) is 19.3 Å². The molecule has 0 aliphatic heterocycles. The van der Waals surface area contributed by atoms with Crippen LogP contribution in [0.5, 0.6) is 0 Å². The van der Waals surface area contributed by atoms with Crippen molar-refractivity contribution < 1.29 is 28.6 Å². The summed E-state index contributed by atoms with van der Waals surface area (Å²) in [7, 11) is 0. The summed E-state index contributed by atoms with van der Waals surface area (Å²) in [5.74, 6) is -0.935. The molecule has 0 amide bonds. The van der Waals surface area contributed by atoms with Crippen LogP contribution >= 0.6 is 0 Å². The lowest BCUT2D eigenvalue weighted by molar-refractivity contribution is -0.167. The zero-order valence-corrected chi connectivity index (χ0v) is 50.8. The maximum Gasteiger partial charge on any atom is 0.306 e. The Morgan fingerprint density at radius 2 is 0.494 bits per heavy atom. The van der Waals surface area contributed by atoms with E-state index in [1.807, 2.05) is 0 Å². The first kappa shape index (κ1) is 74.0. The van der Waals surface area contributed by atoms with Crippen LogP contribution in [0.1, 0.15) is 265 Å². The Balaban J connectivity index is 4.30. The molecule has 6 nitrogen and oxygen atoms in total. The van der Waals surface area contributed by atoms with Gasteiger partial charge in [0.1, 0.15) is 13.2 Å². The van der Waals surface area contributed by atoms with E-state index in [1.54, 1.807) is 0 Å². The van der Waals surface area contributed by atoms with Crippen LogP contribution in [0.3, 0.4) is 0 Å². The first-order chi connectivity index (χ1) is 39.0. The molecule has 0 spiro atoms. The smallest absolute Gasteiger partial charge is 0.306 e. The monoisotopic (exact) mass is 1090 g/mol. The summed E-state index contributed by atoms with van der Waals surface area (Å²) in [6.07, 6.45) is 95.4. The topological polar surface area (TPSA) is 78.9 Å². The molecule has 79 heavy (non-hydrogen) atoms. The molecule has 0 aromatic rings. The van der Waals surface area contributed by atoms with Crippen LogP contribution in [0.15, 0.2) is 158 Å². The van der Waals surface area contributed by atoms with Gasteiger partial charge in [0.15, 0.2) is 6.10 Å². The molecule has 0 heterocycles. The Bertz CT molecular complexity index is 1780. The van der Waals surface area contributed by atoms with Crippen molar-refractivity contribution in [3.05, 3.63) is 158 Å². The van der Waals surface area contributed by atoms with Gasteiger partial charge in [-0.05, 0) is 128 Å². The average Bonchev–Trinajstić information content (AvgIpc) is 3.45. The SMILES string of the molecule is CC/C=C\C/C=C\C/C=C\C/C=C\C/C=C\C/C=C\C/C=C\C/C=C\C/C=C\CCCCCCCC(=O)OCC(COC(=O)CCCCCCCCCCC)OC(=O)CCCCCCCC/C=C\C/C=C\C/C=C\C/C=C\CC. The number of rotatable bonds is 56. The Kier molecular flexibility index (Phi) is 61.4. The number of unbranched alkanes of at least 4 members (excludes halogenated alkanes) is 19. The molecule has 0 bridgehead atoms. The normalized spacial score (nSPS) is 13.2. The number of allylic oxidation sites excluding steroid dienone is 26. The molecule has 0 aliphatic carbocycles. The fraction of sp³-hybridized carbons (Fsp3) is 0.603. The van der Waals surface area contributed by atoms with Crippen LogP contribution in [-0.4, -0.2) is 37.2 Å². The van der Waals surface area contributed by atoms with E-state index in [0.29, 0.717) is 19.3 Å². The van der Waals surface area contributed by atoms with Crippen molar-refractivity contribution in [1.29, 1.82) is 0 Å². The number of esters is 3.